The molecule has 0 aliphatic heterocycles. The number of fused-ring (bicyclic) bond motifs is 1. The van der Waals surface area contributed by atoms with Crippen LogP contribution < -0.4 is 10.1 Å². The van der Waals surface area contributed by atoms with Gasteiger partial charge in [-0.15, -0.1) is 11.3 Å². The zero-order valence-electron chi connectivity index (χ0n) is 12.3. The first-order valence-corrected chi connectivity index (χ1v) is 8.06. The molecule has 0 spiro atoms. The topological polar surface area (TPSA) is 38.6 Å². The van der Waals surface area contributed by atoms with Gasteiger partial charge < -0.3 is 10.1 Å². The molecule has 0 radical (unpaired) electrons. The first kappa shape index (κ1) is 14.1. The summed E-state index contributed by atoms with van der Waals surface area (Å²) in [6.07, 6.45) is 3.15. The van der Waals surface area contributed by atoms with Crippen molar-refractivity contribution < 1.29 is 4.74 Å². The number of thiazole rings is 1. The summed E-state index contributed by atoms with van der Waals surface area (Å²) in [4.78, 5) is 5.57. The highest BCUT2D eigenvalue weighted by Crippen LogP contribution is 2.29. The summed E-state index contributed by atoms with van der Waals surface area (Å²) in [6, 6.07) is 8.02. The number of hydrogen-bond donors (Lipinski definition) is 1. The molecule has 0 aliphatic carbocycles. The first-order chi connectivity index (χ1) is 10.3. The standard InChI is InChI=1S/C16H19N3OS/c1-3-8-17-11-13-15(18-16-19(13)9-10-21-16)20-14-7-5-4-6-12(14)2/h4-7,9-10,17H,3,8,11H2,1-2H3. The normalized spacial score (nSPS) is 11.1. The smallest absolute Gasteiger partial charge is 0.243 e. The molecule has 0 amide bonds. The first-order valence-electron chi connectivity index (χ1n) is 7.18. The second kappa shape index (κ2) is 6.28. The van der Waals surface area contributed by atoms with Crippen molar-refractivity contribution in [1.29, 1.82) is 0 Å². The summed E-state index contributed by atoms with van der Waals surface area (Å²) in [7, 11) is 0. The predicted octanol–water partition coefficient (Wildman–Crippen LogP) is 4.00. The van der Waals surface area contributed by atoms with E-state index in [1.165, 1.54) is 0 Å². The number of hydrogen-bond acceptors (Lipinski definition) is 4. The molecule has 0 fully saturated rings. The van der Waals surface area contributed by atoms with E-state index in [9.17, 15) is 0 Å². The molecule has 21 heavy (non-hydrogen) atoms. The van der Waals surface area contributed by atoms with E-state index in [0.717, 1.165) is 41.5 Å². The molecule has 4 nitrogen and oxygen atoms in total. The third-order valence-electron chi connectivity index (χ3n) is 3.34. The Balaban J connectivity index is 1.91. The second-order valence-corrected chi connectivity index (χ2v) is 5.84. The van der Waals surface area contributed by atoms with Gasteiger partial charge in [0.15, 0.2) is 4.96 Å². The quantitative estimate of drug-likeness (QED) is 0.699. The van der Waals surface area contributed by atoms with Crippen molar-refractivity contribution >= 4 is 16.3 Å². The van der Waals surface area contributed by atoms with Crippen LogP contribution in [-0.4, -0.2) is 15.9 Å². The van der Waals surface area contributed by atoms with Crippen LogP contribution in [0.2, 0.25) is 0 Å². The minimum Gasteiger partial charge on any atom is -0.437 e. The van der Waals surface area contributed by atoms with E-state index in [-0.39, 0.29) is 0 Å². The Bertz CT molecular complexity index is 732. The van der Waals surface area contributed by atoms with E-state index in [2.05, 4.69) is 21.6 Å². The molecule has 0 saturated carbocycles. The van der Waals surface area contributed by atoms with Crippen LogP contribution in [0.4, 0.5) is 0 Å². The lowest BCUT2D eigenvalue weighted by atomic mass is 10.2. The van der Waals surface area contributed by atoms with Crippen molar-refractivity contribution in [2.45, 2.75) is 26.8 Å². The van der Waals surface area contributed by atoms with E-state index in [4.69, 9.17) is 4.74 Å². The van der Waals surface area contributed by atoms with E-state index in [0.29, 0.717) is 5.88 Å². The molecule has 1 N–H and O–H groups in total. The van der Waals surface area contributed by atoms with E-state index < -0.39 is 0 Å². The van der Waals surface area contributed by atoms with Gasteiger partial charge in [0.1, 0.15) is 11.4 Å². The van der Waals surface area contributed by atoms with Crippen molar-refractivity contribution in [2.75, 3.05) is 6.54 Å². The molecule has 2 aromatic heterocycles. The Morgan fingerprint density at radius 1 is 1.33 bits per heavy atom. The average Bonchev–Trinajstić information content (AvgIpc) is 3.04. The minimum atomic E-state index is 0.694. The van der Waals surface area contributed by atoms with E-state index in [1.54, 1.807) is 11.3 Å². The Hall–Kier alpha value is -1.85. The minimum absolute atomic E-state index is 0.694. The number of para-hydroxylation sites is 1. The lowest BCUT2D eigenvalue weighted by Crippen LogP contribution is -2.15. The monoisotopic (exact) mass is 301 g/mol. The van der Waals surface area contributed by atoms with Gasteiger partial charge in [-0.05, 0) is 31.5 Å². The van der Waals surface area contributed by atoms with Gasteiger partial charge in [0.25, 0.3) is 0 Å². The number of nitrogens with zero attached hydrogens (tertiary/aromatic N) is 2. The van der Waals surface area contributed by atoms with Gasteiger partial charge in [-0.2, -0.15) is 4.98 Å². The third kappa shape index (κ3) is 2.94. The van der Waals surface area contributed by atoms with Gasteiger partial charge in [-0.1, -0.05) is 25.1 Å². The second-order valence-electron chi connectivity index (χ2n) is 4.96. The van der Waals surface area contributed by atoms with Crippen LogP contribution in [0.5, 0.6) is 11.6 Å². The van der Waals surface area contributed by atoms with Gasteiger partial charge in [0, 0.05) is 18.1 Å². The molecule has 0 bridgehead atoms. The van der Waals surface area contributed by atoms with Crippen molar-refractivity contribution in [3.8, 4) is 11.6 Å². The summed E-state index contributed by atoms with van der Waals surface area (Å²) in [6.45, 7) is 5.95. The maximum atomic E-state index is 6.05. The molecule has 5 heteroatoms. The molecule has 3 rings (SSSR count). The summed E-state index contributed by atoms with van der Waals surface area (Å²) >= 11 is 1.62. The maximum absolute atomic E-state index is 6.05. The number of ether oxygens (including phenoxy) is 1. The SMILES string of the molecule is CCCNCc1c(Oc2ccccc2C)nc2sccn12. The van der Waals surface area contributed by atoms with Crippen LogP contribution in [-0.2, 0) is 6.54 Å². The van der Waals surface area contributed by atoms with Gasteiger partial charge in [0.05, 0.1) is 0 Å². The fourth-order valence-corrected chi connectivity index (χ4v) is 2.94. The molecule has 2 heterocycles. The molecule has 110 valence electrons. The predicted molar refractivity (Wildman–Crippen MR) is 86.3 cm³/mol. The number of aryl methyl sites for hydroxylation is 1. The maximum Gasteiger partial charge on any atom is 0.243 e. The van der Waals surface area contributed by atoms with Crippen LogP contribution >= 0.6 is 11.3 Å². The molecule has 3 aromatic rings. The van der Waals surface area contributed by atoms with Crippen molar-refractivity contribution in [3.05, 3.63) is 47.1 Å². The van der Waals surface area contributed by atoms with Gasteiger partial charge in [-0.25, -0.2) is 0 Å². The molecular weight excluding hydrogens is 282 g/mol. The molecule has 1 aromatic carbocycles. The Kier molecular flexibility index (Phi) is 4.22. The van der Waals surface area contributed by atoms with Gasteiger partial charge in [0.2, 0.25) is 5.88 Å². The van der Waals surface area contributed by atoms with Crippen LogP contribution in [0.15, 0.2) is 35.8 Å². The summed E-state index contributed by atoms with van der Waals surface area (Å²) in [5.74, 6) is 1.56. The molecule has 0 saturated heterocycles. The van der Waals surface area contributed by atoms with Crippen molar-refractivity contribution in [1.82, 2.24) is 14.7 Å². The summed E-state index contributed by atoms with van der Waals surface area (Å²) in [5.41, 5.74) is 2.18. The van der Waals surface area contributed by atoms with Crippen molar-refractivity contribution in [3.63, 3.8) is 0 Å². The summed E-state index contributed by atoms with van der Waals surface area (Å²) in [5, 5.41) is 5.47. The van der Waals surface area contributed by atoms with Gasteiger partial charge >= 0.3 is 0 Å². The highest BCUT2D eigenvalue weighted by Gasteiger charge is 2.15. The Labute approximate surface area is 128 Å². The van der Waals surface area contributed by atoms with Crippen LogP contribution in [0.3, 0.4) is 0 Å². The number of benzene rings is 1. The number of aromatic nitrogens is 2. The average molecular weight is 301 g/mol. The van der Waals surface area contributed by atoms with Crippen LogP contribution in [0.1, 0.15) is 24.6 Å². The number of nitrogens with one attached hydrogen (secondary N) is 1. The molecular formula is C16H19N3OS. The lowest BCUT2D eigenvalue weighted by molar-refractivity contribution is 0.452. The highest BCUT2D eigenvalue weighted by atomic mass is 32.1. The largest absolute Gasteiger partial charge is 0.437 e. The lowest BCUT2D eigenvalue weighted by Gasteiger charge is -2.09. The Morgan fingerprint density at radius 3 is 3.00 bits per heavy atom. The molecule has 0 atom stereocenters. The fraction of sp³-hybridized carbons (Fsp3) is 0.312. The summed E-state index contributed by atoms with van der Waals surface area (Å²) < 4.78 is 8.15. The number of rotatable bonds is 6. The highest BCUT2D eigenvalue weighted by molar-refractivity contribution is 7.15. The van der Waals surface area contributed by atoms with E-state index >= 15 is 0 Å². The number of imidazole rings is 1. The van der Waals surface area contributed by atoms with Gasteiger partial charge in [-0.3, -0.25) is 4.40 Å². The third-order valence-corrected chi connectivity index (χ3v) is 4.10. The van der Waals surface area contributed by atoms with Crippen LogP contribution in [0, 0.1) is 6.92 Å². The fourth-order valence-electron chi connectivity index (χ4n) is 2.21. The zero-order valence-corrected chi connectivity index (χ0v) is 13.1. The zero-order chi connectivity index (χ0) is 14.7. The Morgan fingerprint density at radius 2 is 2.19 bits per heavy atom. The molecule has 0 aliphatic rings. The van der Waals surface area contributed by atoms with E-state index in [1.807, 2.05) is 42.8 Å². The molecule has 0 unspecified atom stereocenters. The van der Waals surface area contributed by atoms with Crippen LogP contribution in [0.25, 0.3) is 4.96 Å². The van der Waals surface area contributed by atoms with Crippen molar-refractivity contribution in [2.24, 2.45) is 0 Å².